The molecule has 78 valence electrons. The zero-order valence-electron chi connectivity index (χ0n) is 8.88. The zero-order valence-corrected chi connectivity index (χ0v) is 12.0. The van der Waals surface area contributed by atoms with Crippen molar-refractivity contribution in [1.82, 2.24) is 0 Å². The molecule has 0 fully saturated rings. The van der Waals surface area contributed by atoms with E-state index >= 15 is 0 Å². The van der Waals surface area contributed by atoms with E-state index in [1.54, 1.807) is 0 Å². The van der Waals surface area contributed by atoms with E-state index in [9.17, 15) is 12.9 Å². The Morgan fingerprint density at radius 1 is 1.20 bits per heavy atom. The summed E-state index contributed by atoms with van der Waals surface area (Å²) in [5.41, 5.74) is 5.81. The molecule has 15 heavy (non-hydrogen) atoms. The van der Waals surface area contributed by atoms with Gasteiger partial charge in [0.2, 0.25) is 0 Å². The van der Waals surface area contributed by atoms with Gasteiger partial charge in [0.15, 0.2) is 0 Å². The summed E-state index contributed by atoms with van der Waals surface area (Å²) in [5.74, 6) is 0. The monoisotopic (exact) mass is 241 g/mol. The molecule has 0 aromatic heterocycles. The van der Waals surface area contributed by atoms with Gasteiger partial charge in [-0.3, -0.25) is 0 Å². The maximum absolute atomic E-state index is 12.2. The van der Waals surface area contributed by atoms with Gasteiger partial charge in [-0.2, -0.15) is 0 Å². The molecule has 0 aliphatic carbocycles. The Hall–Kier alpha value is 0.671. The molecular weight excluding hydrogens is 229 g/mol. The first-order chi connectivity index (χ1) is 6.39. The van der Waals surface area contributed by atoms with Crippen LogP contribution in [0.1, 0.15) is 12.5 Å². The molecule has 1 nitrogen and oxygen atoms in total. The number of hydrogen-bond donors (Lipinski definition) is 1. The Morgan fingerprint density at radius 2 is 1.67 bits per heavy atom. The quantitative estimate of drug-likeness (QED) is 0.649. The first kappa shape index (κ1) is 15.7. The van der Waals surface area contributed by atoms with Crippen molar-refractivity contribution >= 4 is 12.4 Å². The summed E-state index contributed by atoms with van der Waals surface area (Å²) < 4.78 is 36.7. The molecule has 0 heterocycles. The van der Waals surface area contributed by atoms with Gasteiger partial charge in [0.25, 0.3) is 0 Å². The van der Waals surface area contributed by atoms with Gasteiger partial charge in [-0.1, -0.05) is 24.3 Å². The third-order valence-electron chi connectivity index (χ3n) is 1.92. The van der Waals surface area contributed by atoms with Crippen LogP contribution in [0, 0.1) is 0 Å². The third kappa shape index (κ3) is 5.51. The largest absolute Gasteiger partial charge is 1.00 e. The van der Waals surface area contributed by atoms with Gasteiger partial charge in [-0.25, -0.2) is 0 Å². The van der Waals surface area contributed by atoms with Crippen LogP contribution >= 0.6 is 0 Å². The van der Waals surface area contributed by atoms with Crippen molar-refractivity contribution in [2.45, 2.75) is 19.4 Å². The van der Waals surface area contributed by atoms with Crippen molar-refractivity contribution in [2.75, 3.05) is 0 Å². The second-order valence-corrected chi connectivity index (χ2v) is 3.50. The first-order valence-electron chi connectivity index (χ1n) is 4.44. The number of nitrogens with two attached hydrogens (primary N) is 1. The predicted molar refractivity (Wildman–Crippen MR) is 52.5 cm³/mol. The van der Waals surface area contributed by atoms with E-state index in [-0.39, 0.29) is 57.4 Å². The summed E-state index contributed by atoms with van der Waals surface area (Å²) in [6.07, 6.45) is 0.602. The molecule has 0 amide bonds. The molecule has 0 bridgehead atoms. The average molecular weight is 241 g/mol. The minimum atomic E-state index is -4.87. The van der Waals surface area contributed by atoms with Gasteiger partial charge in [0.05, 0.1) is 0 Å². The third-order valence-corrected chi connectivity index (χ3v) is 1.92. The summed E-state index contributed by atoms with van der Waals surface area (Å²) in [4.78, 5) is 0. The molecule has 1 rings (SSSR count). The van der Waals surface area contributed by atoms with Crippen LogP contribution in [-0.2, 0) is 6.42 Å². The van der Waals surface area contributed by atoms with E-state index in [0.29, 0.717) is 6.42 Å². The summed E-state index contributed by atoms with van der Waals surface area (Å²) in [5, 5.41) is 0. The molecule has 2 N–H and O–H groups in total. The van der Waals surface area contributed by atoms with Gasteiger partial charge in [-0.05, 0) is 18.9 Å². The Kier molecular flexibility index (Phi) is 6.70. The standard InChI is InChI=1S/C9H12BF3N.K/c1-7(14)6-8-2-4-9(5-3-8)10(11,12)13;/h2-5,7H,6,14H2,1H3;/q-1;+1. The van der Waals surface area contributed by atoms with Crippen LogP contribution < -0.4 is 62.6 Å². The molecule has 0 aliphatic rings. The summed E-state index contributed by atoms with van der Waals surface area (Å²) in [6, 6.07) is 5.15. The second kappa shape index (κ2) is 6.42. The van der Waals surface area contributed by atoms with Crippen molar-refractivity contribution in [1.29, 1.82) is 0 Å². The van der Waals surface area contributed by atoms with Crippen LogP contribution in [0.15, 0.2) is 24.3 Å². The molecular formula is C9H12BF3KN. The Morgan fingerprint density at radius 3 is 2.00 bits per heavy atom. The van der Waals surface area contributed by atoms with Crippen LogP contribution in [-0.4, -0.2) is 13.0 Å². The molecule has 0 saturated carbocycles. The molecule has 0 radical (unpaired) electrons. The number of halogens is 3. The molecule has 0 saturated heterocycles. The van der Waals surface area contributed by atoms with Gasteiger partial charge < -0.3 is 18.7 Å². The predicted octanol–water partition coefficient (Wildman–Crippen LogP) is -1.37. The van der Waals surface area contributed by atoms with Crippen LogP contribution in [0.3, 0.4) is 0 Å². The van der Waals surface area contributed by atoms with Crippen molar-refractivity contribution in [2.24, 2.45) is 5.73 Å². The van der Waals surface area contributed by atoms with Gasteiger partial charge >= 0.3 is 58.4 Å². The van der Waals surface area contributed by atoms with Crippen molar-refractivity contribution in [3.05, 3.63) is 29.8 Å². The molecule has 1 aromatic rings. The number of rotatable bonds is 3. The fourth-order valence-electron chi connectivity index (χ4n) is 1.24. The van der Waals surface area contributed by atoms with Crippen molar-refractivity contribution in [3.63, 3.8) is 0 Å². The Balaban J connectivity index is 0.00000196. The van der Waals surface area contributed by atoms with Crippen LogP contribution in [0.4, 0.5) is 12.9 Å². The van der Waals surface area contributed by atoms with Crippen LogP contribution in [0.2, 0.25) is 0 Å². The molecule has 1 aromatic carbocycles. The molecule has 0 aliphatic heterocycles. The first-order valence-corrected chi connectivity index (χ1v) is 4.44. The molecule has 0 spiro atoms. The van der Waals surface area contributed by atoms with Crippen LogP contribution in [0.25, 0.3) is 0 Å². The number of benzene rings is 1. The Bertz CT molecular complexity index is 297. The van der Waals surface area contributed by atoms with E-state index in [4.69, 9.17) is 5.73 Å². The Labute approximate surface area is 130 Å². The van der Waals surface area contributed by atoms with E-state index in [0.717, 1.165) is 17.7 Å². The van der Waals surface area contributed by atoms with E-state index < -0.39 is 12.4 Å². The topological polar surface area (TPSA) is 26.0 Å². The van der Waals surface area contributed by atoms with Crippen molar-refractivity contribution in [3.8, 4) is 0 Å². The summed E-state index contributed by atoms with van der Waals surface area (Å²) in [7, 11) is 0. The van der Waals surface area contributed by atoms with E-state index in [2.05, 4.69) is 0 Å². The molecule has 6 heteroatoms. The fraction of sp³-hybridized carbons (Fsp3) is 0.333. The fourth-order valence-corrected chi connectivity index (χ4v) is 1.24. The van der Waals surface area contributed by atoms with Crippen LogP contribution in [0.5, 0.6) is 0 Å². The maximum atomic E-state index is 12.2. The zero-order chi connectivity index (χ0) is 10.8. The van der Waals surface area contributed by atoms with E-state index in [1.807, 2.05) is 6.92 Å². The van der Waals surface area contributed by atoms with E-state index in [1.165, 1.54) is 12.1 Å². The van der Waals surface area contributed by atoms with Gasteiger partial charge in [-0.15, -0.1) is 5.46 Å². The second-order valence-electron chi connectivity index (χ2n) is 3.50. The minimum absolute atomic E-state index is 0. The molecule has 1 atom stereocenters. The average Bonchev–Trinajstić information content (AvgIpc) is 2.02. The normalized spacial score (nSPS) is 13.1. The van der Waals surface area contributed by atoms with Crippen molar-refractivity contribution < 1.29 is 64.3 Å². The molecule has 1 unspecified atom stereocenters. The maximum Gasteiger partial charge on any atom is 1.00 e. The SMILES string of the molecule is CC(N)Cc1ccc([B-](F)(F)F)cc1.[K+]. The smallest absolute Gasteiger partial charge is 0.445 e. The van der Waals surface area contributed by atoms with Gasteiger partial charge in [0.1, 0.15) is 0 Å². The summed E-state index contributed by atoms with van der Waals surface area (Å²) >= 11 is 0. The summed E-state index contributed by atoms with van der Waals surface area (Å²) in [6.45, 7) is -3.05. The van der Waals surface area contributed by atoms with Gasteiger partial charge in [0, 0.05) is 6.04 Å². The minimum Gasteiger partial charge on any atom is -0.445 e. The number of hydrogen-bond acceptors (Lipinski definition) is 1.